The van der Waals surface area contributed by atoms with Crippen LogP contribution in [-0.4, -0.2) is 16.5 Å². The van der Waals surface area contributed by atoms with E-state index in [9.17, 15) is 0 Å². The molecule has 0 fully saturated rings. The highest BCUT2D eigenvalue weighted by molar-refractivity contribution is 7.11. The number of thiazole rings is 1. The van der Waals surface area contributed by atoms with Gasteiger partial charge in [-0.15, -0.1) is 11.3 Å². The molecule has 1 unspecified atom stereocenters. The molecule has 0 aliphatic heterocycles. The van der Waals surface area contributed by atoms with E-state index in [-0.39, 0.29) is 0 Å². The molecule has 2 aromatic rings. The van der Waals surface area contributed by atoms with Gasteiger partial charge in [0.25, 0.3) is 0 Å². The second kappa shape index (κ2) is 5.38. The minimum atomic E-state index is 0.302. The SMILES string of the molecule is Cc1nc(C(CN)Cc2cccnc2)sc1C. The van der Waals surface area contributed by atoms with Crippen LogP contribution in [0.1, 0.15) is 27.1 Å². The van der Waals surface area contributed by atoms with Gasteiger partial charge < -0.3 is 5.73 Å². The zero-order valence-electron chi connectivity index (χ0n) is 10.2. The van der Waals surface area contributed by atoms with Crippen LogP contribution in [0.15, 0.2) is 24.5 Å². The summed E-state index contributed by atoms with van der Waals surface area (Å²) in [5.41, 5.74) is 8.19. The molecular formula is C13H17N3S. The Labute approximate surface area is 106 Å². The van der Waals surface area contributed by atoms with Gasteiger partial charge in [0.1, 0.15) is 0 Å². The lowest BCUT2D eigenvalue weighted by atomic mass is 10.0. The van der Waals surface area contributed by atoms with Gasteiger partial charge in [-0.3, -0.25) is 4.98 Å². The van der Waals surface area contributed by atoms with Gasteiger partial charge in [0, 0.05) is 29.7 Å². The van der Waals surface area contributed by atoms with Gasteiger partial charge in [0.05, 0.1) is 10.7 Å². The lowest BCUT2D eigenvalue weighted by molar-refractivity contribution is 0.685. The zero-order valence-corrected chi connectivity index (χ0v) is 11.0. The van der Waals surface area contributed by atoms with Crippen molar-refractivity contribution in [3.05, 3.63) is 45.7 Å². The molecule has 3 nitrogen and oxygen atoms in total. The van der Waals surface area contributed by atoms with Crippen molar-refractivity contribution >= 4 is 11.3 Å². The summed E-state index contributed by atoms with van der Waals surface area (Å²) in [7, 11) is 0. The molecular weight excluding hydrogens is 230 g/mol. The summed E-state index contributed by atoms with van der Waals surface area (Å²) in [5, 5.41) is 1.14. The van der Waals surface area contributed by atoms with Crippen LogP contribution >= 0.6 is 11.3 Å². The van der Waals surface area contributed by atoms with Gasteiger partial charge in [0.15, 0.2) is 0 Å². The Morgan fingerprint density at radius 3 is 2.76 bits per heavy atom. The standard InChI is InChI=1S/C13H17N3S/c1-9-10(2)17-13(16-9)12(7-14)6-11-4-3-5-15-8-11/h3-5,8,12H,6-7,14H2,1-2H3. The third kappa shape index (κ3) is 2.90. The van der Waals surface area contributed by atoms with Crippen molar-refractivity contribution in [3.63, 3.8) is 0 Å². The van der Waals surface area contributed by atoms with Crippen LogP contribution in [0.25, 0.3) is 0 Å². The monoisotopic (exact) mass is 247 g/mol. The second-order valence-electron chi connectivity index (χ2n) is 4.19. The fourth-order valence-electron chi connectivity index (χ4n) is 1.75. The predicted molar refractivity (Wildman–Crippen MR) is 71.3 cm³/mol. The normalized spacial score (nSPS) is 12.6. The molecule has 0 spiro atoms. The lowest BCUT2D eigenvalue weighted by Gasteiger charge is -2.11. The Morgan fingerprint density at radius 1 is 1.41 bits per heavy atom. The van der Waals surface area contributed by atoms with Crippen LogP contribution in [0.4, 0.5) is 0 Å². The first-order valence-corrected chi connectivity index (χ1v) is 6.55. The summed E-state index contributed by atoms with van der Waals surface area (Å²) in [6.45, 7) is 4.78. The number of hydrogen-bond acceptors (Lipinski definition) is 4. The summed E-state index contributed by atoms with van der Waals surface area (Å²) in [5.74, 6) is 0.302. The average Bonchev–Trinajstić information content (AvgIpc) is 2.68. The molecule has 1 atom stereocenters. The molecule has 0 saturated heterocycles. The molecule has 4 heteroatoms. The Hall–Kier alpha value is -1.26. The summed E-state index contributed by atoms with van der Waals surface area (Å²) in [4.78, 5) is 10.0. The molecule has 0 aromatic carbocycles. The first-order valence-electron chi connectivity index (χ1n) is 5.73. The highest BCUT2D eigenvalue weighted by atomic mass is 32.1. The fourth-order valence-corrected chi connectivity index (χ4v) is 2.78. The number of nitrogens with zero attached hydrogens (tertiary/aromatic N) is 2. The maximum Gasteiger partial charge on any atom is 0.0977 e. The van der Waals surface area contributed by atoms with E-state index >= 15 is 0 Å². The van der Waals surface area contributed by atoms with Gasteiger partial charge in [-0.1, -0.05) is 6.07 Å². The largest absolute Gasteiger partial charge is 0.330 e. The van der Waals surface area contributed by atoms with Crippen LogP contribution in [0.3, 0.4) is 0 Å². The van der Waals surface area contributed by atoms with Crippen molar-refractivity contribution in [1.29, 1.82) is 0 Å². The average molecular weight is 247 g/mol. The molecule has 0 bridgehead atoms. The maximum atomic E-state index is 5.86. The van der Waals surface area contributed by atoms with Crippen molar-refractivity contribution in [2.75, 3.05) is 6.54 Å². The quantitative estimate of drug-likeness (QED) is 0.903. The number of rotatable bonds is 4. The molecule has 0 saturated carbocycles. The first-order chi connectivity index (χ1) is 8.20. The van der Waals surface area contributed by atoms with E-state index in [2.05, 4.69) is 23.0 Å². The fraction of sp³-hybridized carbons (Fsp3) is 0.385. The number of aromatic nitrogens is 2. The van der Waals surface area contributed by atoms with Gasteiger partial charge in [-0.2, -0.15) is 0 Å². The molecule has 2 N–H and O–H groups in total. The van der Waals surface area contributed by atoms with E-state index in [1.807, 2.05) is 19.2 Å². The lowest BCUT2D eigenvalue weighted by Crippen LogP contribution is -2.15. The summed E-state index contributed by atoms with van der Waals surface area (Å²) in [6, 6.07) is 4.05. The topological polar surface area (TPSA) is 51.8 Å². The molecule has 0 aliphatic carbocycles. The van der Waals surface area contributed by atoms with Gasteiger partial charge in [-0.05, 0) is 31.9 Å². The van der Waals surface area contributed by atoms with Crippen molar-refractivity contribution in [2.24, 2.45) is 5.73 Å². The molecule has 0 radical (unpaired) electrons. The molecule has 2 aromatic heterocycles. The van der Waals surface area contributed by atoms with Crippen LogP contribution in [0.2, 0.25) is 0 Å². The Kier molecular flexibility index (Phi) is 3.86. The Morgan fingerprint density at radius 2 is 2.24 bits per heavy atom. The van der Waals surface area contributed by atoms with Gasteiger partial charge in [0.2, 0.25) is 0 Å². The molecule has 0 amide bonds. The highest BCUT2D eigenvalue weighted by Crippen LogP contribution is 2.26. The number of pyridine rings is 1. The summed E-state index contributed by atoms with van der Waals surface area (Å²) in [6.07, 6.45) is 4.60. The third-order valence-electron chi connectivity index (χ3n) is 2.88. The third-order valence-corrected chi connectivity index (χ3v) is 4.12. The number of hydrogen-bond donors (Lipinski definition) is 1. The van der Waals surface area contributed by atoms with Crippen LogP contribution in [-0.2, 0) is 6.42 Å². The molecule has 2 rings (SSSR count). The van der Waals surface area contributed by atoms with E-state index in [4.69, 9.17) is 5.73 Å². The zero-order chi connectivity index (χ0) is 12.3. The second-order valence-corrected chi connectivity index (χ2v) is 5.43. The van der Waals surface area contributed by atoms with Crippen molar-refractivity contribution in [3.8, 4) is 0 Å². The molecule has 17 heavy (non-hydrogen) atoms. The predicted octanol–water partition coefficient (Wildman–Crippen LogP) is 2.44. The van der Waals surface area contributed by atoms with Crippen molar-refractivity contribution in [2.45, 2.75) is 26.2 Å². The molecule has 2 heterocycles. The van der Waals surface area contributed by atoms with Crippen molar-refractivity contribution in [1.82, 2.24) is 9.97 Å². The summed E-state index contributed by atoms with van der Waals surface area (Å²) >= 11 is 1.75. The molecule has 0 aliphatic rings. The first kappa shape index (κ1) is 12.2. The van der Waals surface area contributed by atoms with Gasteiger partial charge >= 0.3 is 0 Å². The van der Waals surface area contributed by atoms with E-state index in [1.165, 1.54) is 10.4 Å². The van der Waals surface area contributed by atoms with E-state index in [1.54, 1.807) is 17.5 Å². The van der Waals surface area contributed by atoms with E-state index in [0.29, 0.717) is 12.5 Å². The minimum absolute atomic E-state index is 0.302. The number of nitrogens with two attached hydrogens (primary N) is 1. The number of aryl methyl sites for hydroxylation is 2. The Bertz CT molecular complexity index is 459. The summed E-state index contributed by atoms with van der Waals surface area (Å²) < 4.78 is 0. The Balaban J connectivity index is 2.17. The minimum Gasteiger partial charge on any atom is -0.330 e. The molecule has 90 valence electrons. The van der Waals surface area contributed by atoms with Crippen LogP contribution in [0, 0.1) is 13.8 Å². The van der Waals surface area contributed by atoms with Crippen molar-refractivity contribution < 1.29 is 0 Å². The van der Waals surface area contributed by atoms with Crippen LogP contribution < -0.4 is 5.73 Å². The maximum absolute atomic E-state index is 5.86. The highest BCUT2D eigenvalue weighted by Gasteiger charge is 2.15. The van der Waals surface area contributed by atoms with E-state index in [0.717, 1.165) is 17.1 Å². The smallest absolute Gasteiger partial charge is 0.0977 e. The van der Waals surface area contributed by atoms with E-state index < -0.39 is 0 Å². The van der Waals surface area contributed by atoms with Crippen LogP contribution in [0.5, 0.6) is 0 Å². The van der Waals surface area contributed by atoms with Gasteiger partial charge in [-0.25, -0.2) is 4.98 Å².